The van der Waals surface area contributed by atoms with Gasteiger partial charge in [0, 0.05) is 11.9 Å². The lowest BCUT2D eigenvalue weighted by Gasteiger charge is -2.12. The number of alkyl halides is 3. The van der Waals surface area contributed by atoms with E-state index in [0.29, 0.717) is 27.4 Å². The number of phenolic OH excluding ortho intramolecular Hbond substituents is 1. The van der Waals surface area contributed by atoms with Gasteiger partial charge in [-0.25, -0.2) is 4.79 Å². The number of ether oxygens (including phenoxy) is 1. The number of hydrogen-bond acceptors (Lipinski definition) is 3. The Morgan fingerprint density at radius 3 is 2.31 bits per heavy atom. The summed E-state index contributed by atoms with van der Waals surface area (Å²) in [5, 5.41) is 12.0. The van der Waals surface area contributed by atoms with E-state index in [1.165, 1.54) is 13.2 Å². The predicted molar refractivity (Wildman–Crippen MR) is 128 cm³/mol. The average molecular weight is 475 g/mol. The van der Waals surface area contributed by atoms with Crippen molar-refractivity contribution in [1.29, 1.82) is 0 Å². The molecule has 1 N–H and O–H groups in total. The van der Waals surface area contributed by atoms with Crippen LogP contribution in [0, 0.1) is 0 Å². The molecule has 4 nitrogen and oxygen atoms in total. The summed E-state index contributed by atoms with van der Waals surface area (Å²) in [5.41, 5.74) is 2.76. The summed E-state index contributed by atoms with van der Waals surface area (Å²) in [4.78, 5) is 12.6. The molecule has 5 aromatic rings. The number of esters is 1. The van der Waals surface area contributed by atoms with E-state index < -0.39 is 17.7 Å². The molecule has 1 aromatic heterocycles. The first-order chi connectivity index (χ1) is 16.8. The molecular weight excluding hydrogens is 455 g/mol. The first-order valence-corrected chi connectivity index (χ1v) is 10.9. The van der Waals surface area contributed by atoms with Crippen LogP contribution in [-0.2, 0) is 17.5 Å². The lowest BCUT2D eigenvalue weighted by Crippen LogP contribution is -2.07. The first-order valence-electron chi connectivity index (χ1n) is 10.9. The summed E-state index contributed by atoms with van der Waals surface area (Å²) >= 11 is 0. The minimum Gasteiger partial charge on any atom is -0.507 e. The molecule has 0 saturated heterocycles. The zero-order valence-corrected chi connectivity index (χ0v) is 18.6. The topological polar surface area (TPSA) is 51.5 Å². The number of nitrogens with zero attached hydrogens (tertiary/aromatic N) is 1. The highest BCUT2D eigenvalue weighted by Gasteiger charge is 2.30. The fourth-order valence-electron chi connectivity index (χ4n) is 4.51. The molecule has 176 valence electrons. The third-order valence-electron chi connectivity index (χ3n) is 6.08. The lowest BCUT2D eigenvalue weighted by molar-refractivity contribution is -0.137. The van der Waals surface area contributed by atoms with E-state index in [2.05, 4.69) is 0 Å². The predicted octanol–water partition coefficient (Wildman–Crippen LogP) is 7.02. The van der Waals surface area contributed by atoms with E-state index in [-0.39, 0.29) is 17.9 Å². The summed E-state index contributed by atoms with van der Waals surface area (Å²) in [6.45, 7) is 0.103. The van der Waals surface area contributed by atoms with Gasteiger partial charge in [-0.2, -0.15) is 13.2 Å². The van der Waals surface area contributed by atoms with Gasteiger partial charge in [-0.05, 0) is 53.1 Å². The van der Waals surface area contributed by atoms with Crippen LogP contribution in [0.4, 0.5) is 13.2 Å². The van der Waals surface area contributed by atoms with E-state index in [4.69, 9.17) is 4.74 Å². The van der Waals surface area contributed by atoms with Gasteiger partial charge in [0.1, 0.15) is 5.75 Å². The molecule has 0 radical (unpaired) electrons. The molecule has 1 heterocycles. The maximum atomic E-state index is 13.3. The van der Waals surface area contributed by atoms with Gasteiger partial charge in [-0.1, -0.05) is 48.5 Å². The maximum Gasteiger partial charge on any atom is 0.416 e. The number of aromatic hydroxyl groups is 1. The number of carbonyl (C=O) groups is 1. The largest absolute Gasteiger partial charge is 0.507 e. The Morgan fingerprint density at radius 2 is 1.60 bits per heavy atom. The van der Waals surface area contributed by atoms with Crippen molar-refractivity contribution in [1.82, 2.24) is 4.57 Å². The van der Waals surface area contributed by atoms with Crippen LogP contribution in [0.3, 0.4) is 0 Å². The van der Waals surface area contributed by atoms with Crippen molar-refractivity contribution in [2.24, 2.45) is 0 Å². The first kappa shape index (κ1) is 22.5. The van der Waals surface area contributed by atoms with E-state index in [1.807, 2.05) is 41.0 Å². The van der Waals surface area contributed by atoms with Gasteiger partial charge in [0.05, 0.1) is 34.7 Å². The van der Waals surface area contributed by atoms with Crippen LogP contribution in [-0.4, -0.2) is 22.8 Å². The molecule has 0 unspecified atom stereocenters. The second-order valence-corrected chi connectivity index (χ2v) is 8.23. The average Bonchev–Trinajstić information content (AvgIpc) is 3.17. The van der Waals surface area contributed by atoms with Crippen LogP contribution in [0.5, 0.6) is 5.75 Å². The van der Waals surface area contributed by atoms with E-state index >= 15 is 0 Å². The fraction of sp³-hybridized carbons (Fsp3) is 0.107. The molecule has 0 saturated carbocycles. The van der Waals surface area contributed by atoms with Gasteiger partial charge in [-0.15, -0.1) is 0 Å². The molecule has 4 aromatic carbocycles. The zero-order chi connectivity index (χ0) is 24.7. The maximum absolute atomic E-state index is 13.3. The minimum absolute atomic E-state index is 0.0366. The highest BCUT2D eigenvalue weighted by Crippen LogP contribution is 2.41. The SMILES string of the molecule is COC(=O)c1cccc2c1c1c(O)cc(-c3ccccc3)cc1n2Cc1cccc(C(F)(F)F)c1. The normalized spacial score (nSPS) is 11.8. The second kappa shape index (κ2) is 8.51. The third-order valence-corrected chi connectivity index (χ3v) is 6.08. The highest BCUT2D eigenvalue weighted by molar-refractivity contribution is 6.19. The number of fused-ring (bicyclic) bond motifs is 3. The number of methoxy groups -OCH3 is 1. The molecule has 5 rings (SSSR count). The molecule has 0 aliphatic rings. The summed E-state index contributed by atoms with van der Waals surface area (Å²) < 4.78 is 46.8. The van der Waals surface area contributed by atoms with Gasteiger partial charge in [0.2, 0.25) is 0 Å². The van der Waals surface area contributed by atoms with Crippen molar-refractivity contribution >= 4 is 27.8 Å². The van der Waals surface area contributed by atoms with Crippen LogP contribution >= 0.6 is 0 Å². The van der Waals surface area contributed by atoms with Crippen LogP contribution < -0.4 is 0 Å². The molecule has 0 aliphatic carbocycles. The fourth-order valence-corrected chi connectivity index (χ4v) is 4.51. The summed E-state index contributed by atoms with van der Waals surface area (Å²) in [5.74, 6) is -0.606. The Kier molecular flexibility index (Phi) is 5.47. The van der Waals surface area contributed by atoms with Gasteiger partial charge < -0.3 is 14.4 Å². The van der Waals surface area contributed by atoms with Crippen LogP contribution in [0.15, 0.2) is 84.9 Å². The molecule has 35 heavy (non-hydrogen) atoms. The van der Waals surface area contributed by atoms with Crippen molar-refractivity contribution in [3.63, 3.8) is 0 Å². The number of carbonyl (C=O) groups excluding carboxylic acids is 1. The number of rotatable bonds is 4. The summed E-state index contributed by atoms with van der Waals surface area (Å²) in [6, 6.07) is 23.2. The standard InChI is InChI=1S/C28H20F3NO3/c1-35-27(34)21-11-6-12-22-25(21)26-23(14-19(15-24(26)33)18-8-3-2-4-9-18)32(22)16-17-7-5-10-20(13-17)28(29,30)31/h2-15,33H,16H2,1H3. The number of phenols is 1. The van der Waals surface area contributed by atoms with E-state index in [0.717, 1.165) is 23.3 Å². The van der Waals surface area contributed by atoms with Gasteiger partial charge in [0.15, 0.2) is 0 Å². The third kappa shape index (κ3) is 3.99. The van der Waals surface area contributed by atoms with Crippen LogP contribution in [0.25, 0.3) is 32.9 Å². The minimum atomic E-state index is -4.46. The van der Waals surface area contributed by atoms with Crippen LogP contribution in [0.1, 0.15) is 21.5 Å². The van der Waals surface area contributed by atoms with Gasteiger partial charge in [-0.3, -0.25) is 0 Å². The van der Waals surface area contributed by atoms with E-state index in [9.17, 15) is 23.1 Å². The van der Waals surface area contributed by atoms with Crippen molar-refractivity contribution in [2.45, 2.75) is 12.7 Å². The van der Waals surface area contributed by atoms with Crippen molar-refractivity contribution in [3.8, 4) is 16.9 Å². The number of hydrogen-bond donors (Lipinski definition) is 1. The summed E-state index contributed by atoms with van der Waals surface area (Å²) in [6.07, 6.45) is -4.46. The monoisotopic (exact) mass is 475 g/mol. The Hall–Kier alpha value is -4.26. The van der Waals surface area contributed by atoms with Crippen molar-refractivity contribution in [3.05, 3.63) is 102 Å². The van der Waals surface area contributed by atoms with Crippen LogP contribution in [0.2, 0.25) is 0 Å². The van der Waals surface area contributed by atoms with Crippen molar-refractivity contribution in [2.75, 3.05) is 7.11 Å². The molecule has 0 spiro atoms. The second-order valence-electron chi connectivity index (χ2n) is 8.23. The number of halogens is 3. The Bertz CT molecular complexity index is 1570. The Balaban J connectivity index is 1.81. The molecule has 0 fully saturated rings. The summed E-state index contributed by atoms with van der Waals surface area (Å²) in [7, 11) is 1.27. The molecular formula is C28H20F3NO3. The quantitative estimate of drug-likeness (QED) is 0.284. The molecule has 0 atom stereocenters. The zero-order valence-electron chi connectivity index (χ0n) is 18.6. The lowest BCUT2D eigenvalue weighted by atomic mass is 10.0. The Morgan fingerprint density at radius 1 is 0.857 bits per heavy atom. The Labute approximate surface area is 198 Å². The molecule has 0 bridgehead atoms. The number of benzene rings is 4. The van der Waals surface area contributed by atoms with Crippen molar-refractivity contribution < 1.29 is 27.8 Å². The highest BCUT2D eigenvalue weighted by atomic mass is 19.4. The van der Waals surface area contributed by atoms with E-state index in [1.54, 1.807) is 30.3 Å². The molecule has 7 heteroatoms. The molecule has 0 aliphatic heterocycles. The van der Waals surface area contributed by atoms with Gasteiger partial charge >= 0.3 is 12.1 Å². The number of aromatic nitrogens is 1. The van der Waals surface area contributed by atoms with Gasteiger partial charge in [0.25, 0.3) is 0 Å². The molecule has 0 amide bonds. The smallest absolute Gasteiger partial charge is 0.416 e.